The maximum atomic E-state index is 2.66. The number of allylic oxidation sites excluding steroid dienone is 2. The Morgan fingerprint density at radius 3 is 1.54 bits per heavy atom. The molecule has 2 aliphatic rings. The Morgan fingerprint density at radius 2 is 1.18 bits per heavy atom. The number of fused-ring (bicyclic) bond motifs is 2. The van der Waals surface area contributed by atoms with Crippen molar-refractivity contribution in [2.75, 3.05) is 0 Å². The average molecular weight is 465 g/mol. The quantitative estimate of drug-likeness (QED) is 0.407. The van der Waals surface area contributed by atoms with Gasteiger partial charge in [0.15, 0.2) is 0 Å². The fraction of sp³-hybridized carbons (Fsp3) is 0.385. The Kier molecular flexibility index (Phi) is 5.83. The summed E-state index contributed by atoms with van der Waals surface area (Å²) in [6, 6.07) is 14.1. The van der Waals surface area contributed by atoms with E-state index in [1.54, 1.807) is 33.4 Å². The SMILES string of the molecule is CCC1=Cc2c(C)cccc2[CH]1[Zr]([CH]1C(CC)=Cc2c(C)cccc21)[SiH](C)C. The molecule has 28 heavy (non-hydrogen) atoms. The predicted octanol–water partition coefficient (Wildman–Crippen LogP) is 7.30. The van der Waals surface area contributed by atoms with Gasteiger partial charge in [-0.1, -0.05) is 0 Å². The number of hydrogen-bond acceptors (Lipinski definition) is 0. The zero-order chi connectivity index (χ0) is 20.0. The van der Waals surface area contributed by atoms with Crippen molar-refractivity contribution < 1.29 is 20.9 Å². The van der Waals surface area contributed by atoms with Crippen LogP contribution in [0.1, 0.15) is 67.3 Å². The van der Waals surface area contributed by atoms with E-state index in [1.165, 1.54) is 24.0 Å². The Morgan fingerprint density at radius 1 is 0.750 bits per heavy atom. The molecule has 4 rings (SSSR count). The standard InChI is InChI=1S/2C12H13.C2H7Si.Zr/c2*1-3-10-7-11-6-4-5-9(2)12(11)8-10;1-3-2;/h2*4-8H,3H2,1-2H3;3H,1-2H3;. The number of benzene rings is 2. The van der Waals surface area contributed by atoms with Gasteiger partial charge in [0.1, 0.15) is 0 Å². The summed E-state index contributed by atoms with van der Waals surface area (Å²) in [5, 5.41) is 0. The van der Waals surface area contributed by atoms with E-state index in [2.05, 4.69) is 89.3 Å². The fourth-order valence-electron chi connectivity index (χ4n) is 5.47. The molecule has 0 spiro atoms. The minimum atomic E-state index is -1.83. The van der Waals surface area contributed by atoms with Gasteiger partial charge < -0.3 is 0 Å². The van der Waals surface area contributed by atoms with Crippen LogP contribution in [0, 0.1) is 13.8 Å². The minimum absolute atomic E-state index is 0.731. The van der Waals surface area contributed by atoms with Crippen LogP contribution < -0.4 is 0 Å². The van der Waals surface area contributed by atoms with Crippen LogP contribution in [0.5, 0.6) is 0 Å². The molecule has 2 aromatic carbocycles. The van der Waals surface area contributed by atoms with Crippen LogP contribution in [0.2, 0.25) is 13.1 Å². The number of aryl methyl sites for hydroxylation is 2. The third-order valence-electron chi connectivity index (χ3n) is 6.89. The predicted molar refractivity (Wildman–Crippen MR) is 123 cm³/mol. The second-order valence-corrected chi connectivity index (χ2v) is 28.9. The Labute approximate surface area is 180 Å². The van der Waals surface area contributed by atoms with Crippen LogP contribution in [0.3, 0.4) is 0 Å². The fourth-order valence-corrected chi connectivity index (χ4v) is 28.6. The Bertz CT molecular complexity index is 891. The topological polar surface area (TPSA) is 0 Å². The first-order chi connectivity index (χ1) is 13.5. The first-order valence-corrected chi connectivity index (χ1v) is 20.9. The molecular weight excluding hydrogens is 432 g/mol. The molecule has 0 nitrogen and oxygen atoms in total. The number of rotatable bonds is 5. The van der Waals surface area contributed by atoms with E-state index >= 15 is 0 Å². The molecule has 2 aliphatic carbocycles. The van der Waals surface area contributed by atoms with Crippen molar-refractivity contribution in [1.29, 1.82) is 0 Å². The van der Waals surface area contributed by atoms with E-state index < -0.39 is 26.8 Å². The van der Waals surface area contributed by atoms with Gasteiger partial charge >= 0.3 is 181 Å². The van der Waals surface area contributed by atoms with E-state index in [0.717, 1.165) is 7.25 Å². The van der Waals surface area contributed by atoms with Gasteiger partial charge in [0.25, 0.3) is 0 Å². The molecule has 2 aromatic rings. The van der Waals surface area contributed by atoms with Crippen molar-refractivity contribution in [1.82, 2.24) is 0 Å². The molecule has 2 unspecified atom stereocenters. The zero-order valence-electron chi connectivity index (χ0n) is 18.3. The molecule has 0 saturated carbocycles. The molecular formula is C26H33SiZr. The Balaban J connectivity index is 1.88. The summed E-state index contributed by atoms with van der Waals surface area (Å²) in [7, 11) is 0. The maximum absolute atomic E-state index is 2.66. The van der Waals surface area contributed by atoms with Gasteiger partial charge in [0.05, 0.1) is 0 Å². The molecule has 0 aromatic heterocycles. The van der Waals surface area contributed by atoms with Gasteiger partial charge in [0, 0.05) is 0 Å². The van der Waals surface area contributed by atoms with Gasteiger partial charge in [-0.05, 0) is 0 Å². The summed E-state index contributed by atoms with van der Waals surface area (Å²) in [4.78, 5) is 0. The van der Waals surface area contributed by atoms with Crippen molar-refractivity contribution in [2.45, 2.75) is 60.9 Å². The molecule has 0 bridgehead atoms. The van der Waals surface area contributed by atoms with Crippen LogP contribution in [0.4, 0.5) is 0 Å². The monoisotopic (exact) mass is 463 g/mol. The van der Waals surface area contributed by atoms with Gasteiger partial charge in [0.2, 0.25) is 0 Å². The van der Waals surface area contributed by atoms with E-state index in [9.17, 15) is 0 Å². The molecule has 2 heteroatoms. The van der Waals surface area contributed by atoms with Crippen molar-refractivity contribution in [3.63, 3.8) is 0 Å². The molecule has 0 aliphatic heterocycles. The van der Waals surface area contributed by atoms with Crippen molar-refractivity contribution in [3.8, 4) is 0 Å². The van der Waals surface area contributed by atoms with Gasteiger partial charge in [-0.25, -0.2) is 0 Å². The van der Waals surface area contributed by atoms with Crippen molar-refractivity contribution in [3.05, 3.63) is 80.9 Å². The molecule has 2 atom stereocenters. The first-order valence-electron chi connectivity index (χ1n) is 10.9. The van der Waals surface area contributed by atoms with Crippen LogP contribution in [0.25, 0.3) is 12.2 Å². The molecule has 0 fully saturated rings. The number of hydrogen-bond donors (Lipinski definition) is 0. The molecule has 0 heterocycles. The van der Waals surface area contributed by atoms with E-state index in [1.807, 2.05) is 0 Å². The van der Waals surface area contributed by atoms with E-state index in [4.69, 9.17) is 0 Å². The second-order valence-electron chi connectivity index (χ2n) is 8.82. The summed E-state index contributed by atoms with van der Waals surface area (Å²) in [5.74, 6) is -0.731. The van der Waals surface area contributed by atoms with E-state index in [-0.39, 0.29) is 0 Å². The second kappa shape index (κ2) is 8.04. The van der Waals surface area contributed by atoms with Gasteiger partial charge in [-0.15, -0.1) is 0 Å². The third kappa shape index (κ3) is 3.21. The van der Waals surface area contributed by atoms with Crippen LogP contribution in [-0.4, -0.2) is 5.92 Å². The Hall–Kier alpha value is -0.980. The summed E-state index contributed by atoms with van der Waals surface area (Å²) in [5.41, 5.74) is 12.9. The van der Waals surface area contributed by atoms with Crippen LogP contribution >= 0.6 is 0 Å². The summed E-state index contributed by atoms with van der Waals surface area (Å²) < 4.78 is 1.58. The van der Waals surface area contributed by atoms with Crippen LogP contribution in [0.15, 0.2) is 47.5 Å². The summed E-state index contributed by atoms with van der Waals surface area (Å²) >= 11 is -1.83. The normalized spacial score (nSPS) is 20.1. The van der Waals surface area contributed by atoms with Crippen LogP contribution in [-0.2, 0) is 20.9 Å². The van der Waals surface area contributed by atoms with Gasteiger partial charge in [-0.2, -0.15) is 0 Å². The molecule has 0 amide bonds. The third-order valence-corrected chi connectivity index (χ3v) is 28.6. The molecule has 145 valence electrons. The summed E-state index contributed by atoms with van der Waals surface area (Å²) in [6.07, 6.45) is 7.58. The summed E-state index contributed by atoms with van der Waals surface area (Å²) in [6.45, 7) is 14.7. The van der Waals surface area contributed by atoms with E-state index in [0.29, 0.717) is 0 Å². The van der Waals surface area contributed by atoms with Crippen molar-refractivity contribution >= 4 is 18.1 Å². The van der Waals surface area contributed by atoms with Gasteiger partial charge in [-0.3, -0.25) is 0 Å². The zero-order valence-corrected chi connectivity index (χ0v) is 21.9. The molecule has 0 saturated heterocycles. The van der Waals surface area contributed by atoms with Crippen molar-refractivity contribution in [2.24, 2.45) is 0 Å². The molecule has 0 radical (unpaired) electrons. The first kappa shape index (κ1) is 20.3. The molecule has 0 N–H and O–H groups in total. The average Bonchev–Trinajstić information content (AvgIpc) is 3.23.